The van der Waals surface area contributed by atoms with Crippen LogP contribution in [0, 0.1) is 0 Å². The molecule has 0 aromatic carbocycles. The Morgan fingerprint density at radius 1 is 1.62 bits per heavy atom. The van der Waals surface area contributed by atoms with Crippen LogP contribution in [0.5, 0.6) is 0 Å². The molecule has 96 valence electrons. The highest BCUT2D eigenvalue weighted by atomic mass is 32.2. The fourth-order valence-electron chi connectivity index (χ4n) is 0.954. The number of rotatable bonds is 8. The van der Waals surface area contributed by atoms with Crippen molar-refractivity contribution in [3.05, 3.63) is 0 Å². The molecule has 0 aromatic heterocycles. The van der Waals surface area contributed by atoms with Crippen molar-refractivity contribution in [1.29, 1.82) is 0 Å². The second-order valence-corrected chi connectivity index (χ2v) is 4.95. The summed E-state index contributed by atoms with van der Waals surface area (Å²) in [6, 6.07) is 0. The molecule has 0 rings (SSSR count). The van der Waals surface area contributed by atoms with Gasteiger partial charge in [-0.15, -0.1) is 0 Å². The van der Waals surface area contributed by atoms with Gasteiger partial charge in [0.2, 0.25) is 0 Å². The van der Waals surface area contributed by atoms with Gasteiger partial charge in [-0.3, -0.25) is 4.79 Å². The van der Waals surface area contributed by atoms with Crippen LogP contribution in [-0.4, -0.2) is 52.5 Å². The number of ether oxygens (including phenoxy) is 1. The third-order valence-electron chi connectivity index (χ3n) is 2.03. The van der Waals surface area contributed by atoms with Gasteiger partial charge in [-0.1, -0.05) is 0 Å². The molecule has 0 bridgehead atoms. The van der Waals surface area contributed by atoms with E-state index in [0.717, 1.165) is 0 Å². The van der Waals surface area contributed by atoms with E-state index in [1.807, 2.05) is 0 Å². The lowest BCUT2D eigenvalue weighted by Crippen LogP contribution is -2.46. The summed E-state index contributed by atoms with van der Waals surface area (Å²) in [6.45, 7) is 3.45. The summed E-state index contributed by atoms with van der Waals surface area (Å²) in [5.41, 5.74) is 4.82. The van der Waals surface area contributed by atoms with Crippen molar-refractivity contribution in [2.75, 3.05) is 24.7 Å². The fourth-order valence-corrected chi connectivity index (χ4v) is 2.07. The maximum atomic E-state index is 11.4. The maximum absolute atomic E-state index is 11.4. The molecule has 4 N–H and O–H groups in total. The molecule has 0 aliphatic heterocycles. The summed E-state index contributed by atoms with van der Waals surface area (Å²) >= 11 is 1.45. The molecule has 0 aromatic rings. The topological polar surface area (TPSA) is 92.8 Å². The minimum absolute atomic E-state index is 0.245. The summed E-state index contributed by atoms with van der Waals surface area (Å²) in [5.74, 6) is 0.677. The second-order valence-electron chi connectivity index (χ2n) is 3.80. The molecule has 2 unspecified atom stereocenters. The average molecular weight is 251 g/mol. The first-order valence-electron chi connectivity index (χ1n) is 5.26. The molecule has 0 spiro atoms. The largest absolute Gasteiger partial charge is 0.465 e. The Bertz CT molecular complexity index is 211. The van der Waals surface area contributed by atoms with Gasteiger partial charge in [0.25, 0.3) is 0 Å². The highest BCUT2D eigenvalue weighted by molar-refractivity contribution is 7.99. The van der Waals surface area contributed by atoms with Crippen LogP contribution in [0.4, 0.5) is 0 Å². The minimum Gasteiger partial charge on any atom is -0.465 e. The van der Waals surface area contributed by atoms with E-state index in [1.165, 1.54) is 11.8 Å². The van der Waals surface area contributed by atoms with Gasteiger partial charge >= 0.3 is 5.97 Å². The lowest BCUT2D eigenvalue weighted by atomic mass is 10.0. The average Bonchev–Trinajstić information content (AvgIpc) is 2.24. The first-order valence-corrected chi connectivity index (χ1v) is 6.42. The molecule has 2 atom stereocenters. The molecule has 0 radical (unpaired) electrons. The monoisotopic (exact) mass is 251 g/mol. The van der Waals surface area contributed by atoms with E-state index in [1.54, 1.807) is 13.8 Å². The van der Waals surface area contributed by atoms with Crippen LogP contribution in [0.2, 0.25) is 0 Å². The lowest BCUT2D eigenvalue weighted by molar-refractivity contribution is -0.149. The zero-order valence-corrected chi connectivity index (χ0v) is 10.6. The van der Waals surface area contributed by atoms with Crippen LogP contribution < -0.4 is 5.73 Å². The van der Waals surface area contributed by atoms with Gasteiger partial charge in [0.05, 0.1) is 19.3 Å². The Balaban J connectivity index is 3.77. The summed E-state index contributed by atoms with van der Waals surface area (Å²) in [5, 5.41) is 17.7. The minimum atomic E-state index is -0.979. The van der Waals surface area contributed by atoms with Gasteiger partial charge in [0, 0.05) is 5.75 Å². The second kappa shape index (κ2) is 7.89. The normalized spacial score (nSPS) is 16.6. The Kier molecular flexibility index (Phi) is 7.74. The van der Waals surface area contributed by atoms with Crippen molar-refractivity contribution in [3.8, 4) is 0 Å². The standard InChI is InChI=1S/C10H21NO4S/c1-3-15-9(14)10(2,11)4-5-16-7-8(13)6-12/h8,12-13H,3-7,11H2,1-2H3. The maximum Gasteiger partial charge on any atom is 0.325 e. The van der Waals surface area contributed by atoms with Gasteiger partial charge < -0.3 is 20.7 Å². The van der Waals surface area contributed by atoms with E-state index in [0.29, 0.717) is 24.5 Å². The van der Waals surface area contributed by atoms with Gasteiger partial charge in [-0.25, -0.2) is 0 Å². The number of carbonyl (C=O) groups excluding carboxylic acids is 1. The van der Waals surface area contributed by atoms with Crippen molar-refractivity contribution in [2.45, 2.75) is 31.9 Å². The molecule has 0 saturated heterocycles. The molecule has 0 fully saturated rings. The van der Waals surface area contributed by atoms with Gasteiger partial charge in [0.15, 0.2) is 0 Å². The number of aliphatic hydroxyl groups excluding tert-OH is 2. The quantitative estimate of drug-likeness (QED) is 0.407. The van der Waals surface area contributed by atoms with Crippen molar-refractivity contribution >= 4 is 17.7 Å². The first kappa shape index (κ1) is 15.7. The molecular formula is C10H21NO4S. The van der Waals surface area contributed by atoms with Gasteiger partial charge in [-0.2, -0.15) is 11.8 Å². The summed E-state index contributed by atoms with van der Waals surface area (Å²) in [7, 11) is 0. The van der Waals surface area contributed by atoms with Crippen LogP contribution in [0.1, 0.15) is 20.3 Å². The van der Waals surface area contributed by atoms with Gasteiger partial charge in [-0.05, 0) is 26.0 Å². The summed E-state index contributed by atoms with van der Waals surface area (Å²) in [6.07, 6.45) is -0.231. The van der Waals surface area contributed by atoms with E-state index < -0.39 is 17.6 Å². The van der Waals surface area contributed by atoms with Crippen molar-refractivity contribution < 1.29 is 19.7 Å². The Morgan fingerprint density at radius 2 is 2.25 bits per heavy atom. The smallest absolute Gasteiger partial charge is 0.325 e. The number of thioether (sulfide) groups is 1. The van der Waals surface area contributed by atoms with E-state index in [-0.39, 0.29) is 6.61 Å². The lowest BCUT2D eigenvalue weighted by Gasteiger charge is -2.21. The number of esters is 1. The Labute approximate surface area is 100 Å². The highest BCUT2D eigenvalue weighted by Gasteiger charge is 2.29. The first-order chi connectivity index (χ1) is 7.44. The van der Waals surface area contributed by atoms with Crippen LogP contribution in [0.25, 0.3) is 0 Å². The van der Waals surface area contributed by atoms with Gasteiger partial charge in [0.1, 0.15) is 5.54 Å². The van der Waals surface area contributed by atoms with Crippen LogP contribution >= 0.6 is 11.8 Å². The molecule has 16 heavy (non-hydrogen) atoms. The third-order valence-corrected chi connectivity index (χ3v) is 3.14. The molecule has 0 aliphatic carbocycles. The number of carbonyl (C=O) groups is 1. The van der Waals surface area contributed by atoms with E-state index >= 15 is 0 Å². The highest BCUT2D eigenvalue weighted by Crippen LogP contribution is 2.14. The molecule has 0 amide bonds. The molecule has 5 nitrogen and oxygen atoms in total. The Hall–Kier alpha value is -0.300. The number of aliphatic hydroxyl groups is 2. The van der Waals surface area contributed by atoms with Crippen molar-refractivity contribution in [2.24, 2.45) is 5.73 Å². The van der Waals surface area contributed by atoms with E-state index in [4.69, 9.17) is 20.7 Å². The van der Waals surface area contributed by atoms with Crippen LogP contribution in [-0.2, 0) is 9.53 Å². The number of hydrogen-bond acceptors (Lipinski definition) is 6. The summed E-state index contributed by atoms with van der Waals surface area (Å²) < 4.78 is 4.84. The molecule has 0 heterocycles. The molecule has 0 saturated carbocycles. The fraction of sp³-hybridized carbons (Fsp3) is 0.900. The number of hydrogen-bond donors (Lipinski definition) is 3. The zero-order chi connectivity index (χ0) is 12.6. The van der Waals surface area contributed by atoms with E-state index in [9.17, 15) is 4.79 Å². The SMILES string of the molecule is CCOC(=O)C(C)(N)CCSCC(O)CO. The summed E-state index contributed by atoms with van der Waals surface area (Å²) in [4.78, 5) is 11.4. The van der Waals surface area contributed by atoms with Crippen molar-refractivity contribution in [1.82, 2.24) is 0 Å². The van der Waals surface area contributed by atoms with Crippen molar-refractivity contribution in [3.63, 3.8) is 0 Å². The zero-order valence-electron chi connectivity index (χ0n) is 9.81. The predicted molar refractivity (Wildman–Crippen MR) is 64.3 cm³/mol. The Morgan fingerprint density at radius 3 is 2.75 bits per heavy atom. The van der Waals surface area contributed by atoms with Crippen LogP contribution in [0.15, 0.2) is 0 Å². The van der Waals surface area contributed by atoms with Crippen LogP contribution in [0.3, 0.4) is 0 Å². The molecule has 6 heteroatoms. The number of nitrogens with two attached hydrogens (primary N) is 1. The third kappa shape index (κ3) is 6.32. The predicted octanol–water partition coefficient (Wildman–Crippen LogP) is -0.257. The molecule has 0 aliphatic rings. The van der Waals surface area contributed by atoms with E-state index in [2.05, 4.69) is 0 Å². The molecular weight excluding hydrogens is 230 g/mol.